The van der Waals surface area contributed by atoms with Gasteiger partial charge in [0.1, 0.15) is 0 Å². The van der Waals surface area contributed by atoms with Crippen LogP contribution in [0.5, 0.6) is 0 Å². The molecule has 1 fully saturated rings. The van der Waals surface area contributed by atoms with Crippen LogP contribution in [0.15, 0.2) is 134 Å². The van der Waals surface area contributed by atoms with E-state index in [0.717, 1.165) is 27.8 Å². The molecule has 0 bridgehead atoms. The molecule has 0 spiro atoms. The molecule has 236 valence electrons. The summed E-state index contributed by atoms with van der Waals surface area (Å²) < 4.78 is 17.9. The van der Waals surface area contributed by atoms with Crippen LogP contribution in [0.2, 0.25) is 0 Å². The number of rotatable bonds is 6. The molecule has 5 aromatic carbocycles. The molecule has 3 nitrogen and oxygen atoms in total. The van der Waals surface area contributed by atoms with Crippen molar-refractivity contribution in [3.05, 3.63) is 140 Å². The lowest BCUT2D eigenvalue weighted by Gasteiger charge is -2.32. The van der Waals surface area contributed by atoms with Gasteiger partial charge in [-0.1, -0.05) is 79.4 Å². The van der Waals surface area contributed by atoms with Gasteiger partial charge in [0.05, 0.1) is 22.2 Å². The second kappa shape index (κ2) is 11.5. The average Bonchev–Trinajstić information content (AvgIpc) is 3.69. The van der Waals surface area contributed by atoms with Crippen LogP contribution in [0.1, 0.15) is 40.2 Å². The molecule has 0 aliphatic carbocycles. The van der Waals surface area contributed by atoms with Gasteiger partial charge in [0.2, 0.25) is 0 Å². The summed E-state index contributed by atoms with van der Waals surface area (Å²) in [5.41, 5.74) is 8.22. The van der Waals surface area contributed by atoms with Crippen molar-refractivity contribution in [1.82, 2.24) is 4.57 Å². The number of nitrogens with zero attached hydrogens (tertiary/aromatic N) is 1. The average molecular weight is 644 g/mol. The fourth-order valence-electron chi connectivity index (χ4n) is 6.74. The van der Waals surface area contributed by atoms with E-state index in [1.165, 1.54) is 47.6 Å². The highest BCUT2D eigenvalue weighted by atomic mass is 32.1. The standard InChI is InChI=1S/C43H38BNO2S/c1-7-8-10-13-28(2)29-17-22-40-36(24-29)37-26-31(18-23-41(37)48-40)30-16-20-38-34(25-30)35-27-32(44-46-42(3,4)43(5,6)47-44)19-21-39(35)45(38)33-14-11-9-12-15-33/h7-27H,2H2,1,3-6H3/b8-7-,13-10-. The van der Waals surface area contributed by atoms with E-state index < -0.39 is 18.3 Å². The SMILES string of the molecule is C=C(/C=C\C=C/C)c1ccc2sc3ccc(-c4ccc5c(c4)c4cc(B6OC(C)(C)C(C)(C)O6)ccc4n5-c4ccccc4)cc3c2c1. The van der Waals surface area contributed by atoms with E-state index in [0.29, 0.717) is 0 Å². The first-order valence-corrected chi connectivity index (χ1v) is 17.4. The third kappa shape index (κ3) is 5.05. The highest BCUT2D eigenvalue weighted by Gasteiger charge is 2.51. The summed E-state index contributed by atoms with van der Waals surface area (Å²) in [7, 11) is -0.424. The van der Waals surface area contributed by atoms with Gasteiger partial charge in [-0.25, -0.2) is 0 Å². The zero-order chi connectivity index (χ0) is 33.2. The monoisotopic (exact) mass is 643 g/mol. The Morgan fingerprint density at radius 3 is 2.00 bits per heavy atom. The summed E-state index contributed by atoms with van der Waals surface area (Å²) in [5.74, 6) is 0. The van der Waals surface area contributed by atoms with Crippen LogP contribution in [0.3, 0.4) is 0 Å². The maximum Gasteiger partial charge on any atom is 0.494 e. The summed E-state index contributed by atoms with van der Waals surface area (Å²) >= 11 is 1.84. The summed E-state index contributed by atoms with van der Waals surface area (Å²) in [6.07, 6.45) is 8.17. The van der Waals surface area contributed by atoms with Gasteiger partial charge in [-0.15, -0.1) is 11.3 Å². The Morgan fingerprint density at radius 1 is 0.688 bits per heavy atom. The smallest absolute Gasteiger partial charge is 0.399 e. The lowest BCUT2D eigenvalue weighted by atomic mass is 9.78. The number of aromatic nitrogens is 1. The Morgan fingerprint density at radius 2 is 1.29 bits per heavy atom. The predicted octanol–water partition coefficient (Wildman–Crippen LogP) is 11.3. The molecule has 8 rings (SSSR count). The van der Waals surface area contributed by atoms with Gasteiger partial charge >= 0.3 is 7.12 Å². The van der Waals surface area contributed by atoms with Gasteiger partial charge in [0.25, 0.3) is 0 Å². The molecule has 0 saturated carbocycles. The van der Waals surface area contributed by atoms with E-state index in [9.17, 15) is 0 Å². The highest BCUT2D eigenvalue weighted by molar-refractivity contribution is 7.25. The fraction of sp³-hybridized carbons (Fsp3) is 0.163. The molecule has 3 heterocycles. The second-order valence-corrected chi connectivity index (χ2v) is 14.8. The minimum absolute atomic E-state index is 0.403. The van der Waals surface area contributed by atoms with Crippen molar-refractivity contribution in [2.75, 3.05) is 0 Å². The van der Waals surface area contributed by atoms with Crippen molar-refractivity contribution < 1.29 is 9.31 Å². The number of fused-ring (bicyclic) bond motifs is 6. The van der Waals surface area contributed by atoms with E-state index in [2.05, 4.69) is 148 Å². The van der Waals surface area contributed by atoms with Crippen molar-refractivity contribution in [1.29, 1.82) is 0 Å². The molecule has 7 aromatic rings. The largest absolute Gasteiger partial charge is 0.494 e. The zero-order valence-electron chi connectivity index (χ0n) is 28.1. The van der Waals surface area contributed by atoms with Crippen molar-refractivity contribution in [2.45, 2.75) is 45.8 Å². The molecule has 0 N–H and O–H groups in total. The van der Waals surface area contributed by atoms with Crippen LogP contribution in [0.4, 0.5) is 0 Å². The number of allylic oxidation sites excluding steroid dienone is 5. The van der Waals surface area contributed by atoms with Crippen molar-refractivity contribution in [2.24, 2.45) is 0 Å². The van der Waals surface area contributed by atoms with Gasteiger partial charge in [-0.3, -0.25) is 0 Å². The number of hydrogen-bond acceptors (Lipinski definition) is 3. The molecule has 0 atom stereocenters. The van der Waals surface area contributed by atoms with Gasteiger partial charge in [-0.05, 0) is 117 Å². The Kier molecular flexibility index (Phi) is 7.33. The van der Waals surface area contributed by atoms with Crippen LogP contribution >= 0.6 is 11.3 Å². The molecule has 1 aliphatic heterocycles. The van der Waals surface area contributed by atoms with Crippen LogP contribution in [-0.4, -0.2) is 22.9 Å². The summed E-state index contributed by atoms with van der Waals surface area (Å²) in [5, 5.41) is 4.92. The van der Waals surface area contributed by atoms with E-state index in [4.69, 9.17) is 9.31 Å². The van der Waals surface area contributed by atoms with Gasteiger partial charge < -0.3 is 13.9 Å². The third-order valence-electron chi connectivity index (χ3n) is 10.1. The van der Waals surface area contributed by atoms with E-state index in [1.807, 2.05) is 36.5 Å². The maximum atomic E-state index is 6.47. The molecular formula is C43H38BNO2S. The summed E-state index contributed by atoms with van der Waals surface area (Å²) in [6, 6.07) is 37.7. The third-order valence-corrected chi connectivity index (χ3v) is 11.3. The number of hydrogen-bond donors (Lipinski definition) is 0. The van der Waals surface area contributed by atoms with Crippen LogP contribution in [-0.2, 0) is 9.31 Å². The van der Waals surface area contributed by atoms with E-state index in [-0.39, 0.29) is 0 Å². The molecule has 0 unspecified atom stereocenters. The number of thiophene rings is 1. The van der Waals surface area contributed by atoms with Gasteiger partial charge in [0.15, 0.2) is 0 Å². The second-order valence-electron chi connectivity index (χ2n) is 13.7. The normalized spacial score (nSPS) is 16.1. The number of para-hydroxylation sites is 1. The zero-order valence-corrected chi connectivity index (χ0v) is 28.9. The summed E-state index contributed by atoms with van der Waals surface area (Å²) in [6.45, 7) is 14.8. The minimum atomic E-state index is -0.424. The quantitative estimate of drug-likeness (QED) is 0.133. The minimum Gasteiger partial charge on any atom is -0.399 e. The maximum absolute atomic E-state index is 6.47. The molecule has 0 amide bonds. The van der Waals surface area contributed by atoms with E-state index in [1.54, 1.807) is 0 Å². The van der Waals surface area contributed by atoms with Crippen molar-refractivity contribution in [3.63, 3.8) is 0 Å². The predicted molar refractivity (Wildman–Crippen MR) is 208 cm³/mol. The van der Waals surface area contributed by atoms with Crippen LogP contribution in [0, 0.1) is 0 Å². The first kappa shape index (κ1) is 30.6. The topological polar surface area (TPSA) is 23.4 Å². The first-order chi connectivity index (χ1) is 23.1. The molecule has 48 heavy (non-hydrogen) atoms. The Hall–Kier alpha value is -4.68. The fourth-order valence-corrected chi connectivity index (χ4v) is 7.80. The van der Waals surface area contributed by atoms with Crippen LogP contribution < -0.4 is 5.46 Å². The molecule has 2 aromatic heterocycles. The lowest BCUT2D eigenvalue weighted by molar-refractivity contribution is 0.00578. The first-order valence-electron chi connectivity index (χ1n) is 16.6. The van der Waals surface area contributed by atoms with Gasteiger partial charge in [0, 0.05) is 36.6 Å². The molecule has 1 aliphatic rings. The molecular weight excluding hydrogens is 605 g/mol. The molecule has 0 radical (unpaired) electrons. The number of benzene rings is 5. The van der Waals surface area contributed by atoms with Crippen molar-refractivity contribution in [3.8, 4) is 16.8 Å². The highest BCUT2D eigenvalue weighted by Crippen LogP contribution is 2.41. The molecule has 1 saturated heterocycles. The van der Waals surface area contributed by atoms with Gasteiger partial charge in [-0.2, -0.15) is 0 Å². The summed E-state index contributed by atoms with van der Waals surface area (Å²) in [4.78, 5) is 0. The Balaban J connectivity index is 1.27. The van der Waals surface area contributed by atoms with E-state index >= 15 is 0 Å². The Labute approximate surface area is 286 Å². The lowest BCUT2D eigenvalue weighted by Crippen LogP contribution is -2.41. The Bertz CT molecular complexity index is 2430. The van der Waals surface area contributed by atoms with Crippen LogP contribution in [0.25, 0.3) is 64.4 Å². The van der Waals surface area contributed by atoms with Crippen molar-refractivity contribution >= 4 is 71.5 Å². The molecule has 5 heteroatoms.